The number of hydrogen-bond acceptors (Lipinski definition) is 4. The number of rotatable bonds is 3. The second kappa shape index (κ2) is 6.89. The van der Waals surface area contributed by atoms with Gasteiger partial charge in [0.2, 0.25) is 0 Å². The lowest BCUT2D eigenvalue weighted by atomic mass is 9.99. The Morgan fingerprint density at radius 3 is 2.72 bits per heavy atom. The van der Waals surface area contributed by atoms with Gasteiger partial charge >= 0.3 is 0 Å². The van der Waals surface area contributed by atoms with Crippen LogP contribution in [0.5, 0.6) is 0 Å². The number of anilines is 1. The van der Waals surface area contributed by atoms with Gasteiger partial charge in [0.25, 0.3) is 0 Å². The fourth-order valence-electron chi connectivity index (χ4n) is 3.50. The van der Waals surface area contributed by atoms with Crippen LogP contribution in [0.1, 0.15) is 12.8 Å². The molecule has 4 rings (SSSR count). The van der Waals surface area contributed by atoms with Crippen LogP contribution in [0.4, 0.5) is 5.82 Å². The van der Waals surface area contributed by atoms with Gasteiger partial charge in [0, 0.05) is 31.9 Å². The minimum Gasteiger partial charge on any atom is -0.357 e. The van der Waals surface area contributed by atoms with Crippen molar-refractivity contribution in [2.24, 2.45) is 13.0 Å². The number of halogens is 1. The smallest absolute Gasteiger partial charge is 0.142 e. The van der Waals surface area contributed by atoms with Crippen LogP contribution in [0.2, 0.25) is 5.02 Å². The standard InChI is InChI=1S/C19H21ClN4S/c1-23-17-5-3-2-4-16(17)22-19(23)14-10-18(21-11-15(14)20)24-8-6-13(12-25)7-9-24/h2-5,10-11,13,25H,6-9,12H2,1H3. The van der Waals surface area contributed by atoms with E-state index in [9.17, 15) is 0 Å². The van der Waals surface area contributed by atoms with Gasteiger partial charge in [0.15, 0.2) is 0 Å². The van der Waals surface area contributed by atoms with Crippen molar-refractivity contribution in [2.75, 3.05) is 23.7 Å². The quantitative estimate of drug-likeness (QED) is 0.690. The van der Waals surface area contributed by atoms with E-state index >= 15 is 0 Å². The van der Waals surface area contributed by atoms with Crippen molar-refractivity contribution in [3.05, 3.63) is 41.6 Å². The van der Waals surface area contributed by atoms with E-state index in [4.69, 9.17) is 16.6 Å². The van der Waals surface area contributed by atoms with E-state index in [1.54, 1.807) is 6.20 Å². The van der Waals surface area contributed by atoms with Gasteiger partial charge in [-0.05, 0) is 42.7 Å². The lowest BCUT2D eigenvalue weighted by molar-refractivity contribution is 0.444. The van der Waals surface area contributed by atoms with E-state index in [2.05, 4.69) is 39.2 Å². The van der Waals surface area contributed by atoms with Crippen molar-refractivity contribution in [1.82, 2.24) is 14.5 Å². The number of para-hydroxylation sites is 2. The average Bonchev–Trinajstić information content (AvgIpc) is 2.99. The van der Waals surface area contributed by atoms with Gasteiger partial charge < -0.3 is 9.47 Å². The summed E-state index contributed by atoms with van der Waals surface area (Å²) in [6.45, 7) is 2.03. The Hall–Kier alpha value is -1.72. The molecule has 1 fully saturated rings. The summed E-state index contributed by atoms with van der Waals surface area (Å²) in [4.78, 5) is 11.7. The molecule has 2 aromatic heterocycles. The summed E-state index contributed by atoms with van der Waals surface area (Å²) < 4.78 is 2.09. The molecule has 6 heteroatoms. The van der Waals surface area contributed by atoms with Crippen molar-refractivity contribution in [3.63, 3.8) is 0 Å². The number of hydrogen-bond donors (Lipinski definition) is 1. The van der Waals surface area contributed by atoms with Crippen LogP contribution < -0.4 is 4.90 Å². The number of fused-ring (bicyclic) bond motifs is 1. The third-order valence-electron chi connectivity index (χ3n) is 5.07. The monoisotopic (exact) mass is 372 g/mol. The van der Waals surface area contributed by atoms with Gasteiger partial charge in [0.1, 0.15) is 11.6 Å². The highest BCUT2D eigenvalue weighted by atomic mass is 35.5. The van der Waals surface area contributed by atoms with Crippen LogP contribution >= 0.6 is 24.2 Å². The van der Waals surface area contributed by atoms with E-state index < -0.39 is 0 Å². The molecule has 25 heavy (non-hydrogen) atoms. The maximum absolute atomic E-state index is 6.47. The maximum atomic E-state index is 6.47. The number of piperidine rings is 1. The molecule has 0 spiro atoms. The summed E-state index contributed by atoms with van der Waals surface area (Å²) >= 11 is 10.9. The molecule has 0 saturated carbocycles. The zero-order valence-corrected chi connectivity index (χ0v) is 15.8. The highest BCUT2D eigenvalue weighted by Gasteiger charge is 2.21. The van der Waals surface area contributed by atoms with Crippen molar-refractivity contribution in [1.29, 1.82) is 0 Å². The lowest BCUT2D eigenvalue weighted by Gasteiger charge is -2.32. The van der Waals surface area contributed by atoms with Crippen LogP contribution in [0.3, 0.4) is 0 Å². The second-order valence-corrected chi connectivity index (χ2v) is 7.39. The van der Waals surface area contributed by atoms with Gasteiger partial charge in [-0.2, -0.15) is 12.6 Å². The highest BCUT2D eigenvalue weighted by Crippen LogP contribution is 2.32. The fourth-order valence-corrected chi connectivity index (χ4v) is 4.06. The summed E-state index contributed by atoms with van der Waals surface area (Å²) in [6, 6.07) is 10.2. The third kappa shape index (κ3) is 3.11. The average molecular weight is 373 g/mol. The highest BCUT2D eigenvalue weighted by molar-refractivity contribution is 7.80. The Morgan fingerprint density at radius 1 is 1.24 bits per heavy atom. The number of thiol groups is 1. The molecule has 0 aliphatic carbocycles. The molecule has 1 aromatic carbocycles. The molecule has 0 radical (unpaired) electrons. The van der Waals surface area contributed by atoms with Crippen molar-refractivity contribution in [3.8, 4) is 11.4 Å². The molecule has 0 bridgehead atoms. The largest absolute Gasteiger partial charge is 0.357 e. The molecule has 130 valence electrons. The zero-order chi connectivity index (χ0) is 17.4. The molecule has 0 amide bonds. The number of benzene rings is 1. The topological polar surface area (TPSA) is 34.0 Å². The molecule has 0 atom stereocenters. The Labute approximate surface area is 158 Å². The van der Waals surface area contributed by atoms with Crippen LogP contribution in [-0.2, 0) is 7.05 Å². The number of nitrogens with zero attached hydrogens (tertiary/aromatic N) is 4. The lowest BCUT2D eigenvalue weighted by Crippen LogP contribution is -2.34. The predicted molar refractivity (Wildman–Crippen MR) is 108 cm³/mol. The van der Waals surface area contributed by atoms with Crippen molar-refractivity contribution < 1.29 is 0 Å². The zero-order valence-electron chi connectivity index (χ0n) is 14.2. The first kappa shape index (κ1) is 16.7. The second-order valence-electron chi connectivity index (χ2n) is 6.62. The molecular weight excluding hydrogens is 352 g/mol. The van der Waals surface area contributed by atoms with Crippen molar-refractivity contribution >= 4 is 41.1 Å². The molecule has 0 N–H and O–H groups in total. The SMILES string of the molecule is Cn1c(-c2cc(N3CCC(CS)CC3)ncc2Cl)nc2ccccc21. The van der Waals surface area contributed by atoms with Crippen LogP contribution in [0.15, 0.2) is 36.5 Å². The molecule has 1 aliphatic heterocycles. The fraction of sp³-hybridized carbons (Fsp3) is 0.368. The first-order valence-corrected chi connectivity index (χ1v) is 9.61. The van der Waals surface area contributed by atoms with E-state index in [0.717, 1.165) is 59.9 Å². The molecule has 3 aromatic rings. The summed E-state index contributed by atoms with van der Waals surface area (Å²) in [6.07, 6.45) is 4.07. The molecular formula is C19H21ClN4S. The van der Waals surface area contributed by atoms with Crippen LogP contribution in [-0.4, -0.2) is 33.4 Å². The Bertz CT molecular complexity index is 900. The van der Waals surface area contributed by atoms with Gasteiger partial charge in [0.05, 0.1) is 16.1 Å². The van der Waals surface area contributed by atoms with Gasteiger partial charge in [-0.3, -0.25) is 0 Å². The van der Waals surface area contributed by atoms with Crippen LogP contribution in [0, 0.1) is 5.92 Å². The van der Waals surface area contributed by atoms with Crippen molar-refractivity contribution in [2.45, 2.75) is 12.8 Å². The first-order valence-electron chi connectivity index (χ1n) is 8.60. The summed E-state index contributed by atoms with van der Waals surface area (Å²) in [7, 11) is 2.03. The van der Waals surface area contributed by atoms with E-state index in [0.29, 0.717) is 10.9 Å². The van der Waals surface area contributed by atoms with E-state index in [1.807, 2.05) is 25.2 Å². The van der Waals surface area contributed by atoms with E-state index in [-0.39, 0.29) is 0 Å². The van der Waals surface area contributed by atoms with Crippen LogP contribution in [0.25, 0.3) is 22.4 Å². The third-order valence-corrected chi connectivity index (χ3v) is 5.88. The van der Waals surface area contributed by atoms with Gasteiger partial charge in [-0.25, -0.2) is 9.97 Å². The number of aromatic nitrogens is 3. The molecule has 1 aliphatic rings. The number of pyridine rings is 1. The first-order chi connectivity index (χ1) is 12.2. The maximum Gasteiger partial charge on any atom is 0.142 e. The Balaban J connectivity index is 1.71. The normalized spacial score (nSPS) is 15.9. The number of imidazole rings is 1. The minimum atomic E-state index is 0.632. The van der Waals surface area contributed by atoms with Gasteiger partial charge in [-0.1, -0.05) is 23.7 Å². The Morgan fingerprint density at radius 2 is 2.00 bits per heavy atom. The summed E-state index contributed by atoms with van der Waals surface area (Å²) in [5, 5.41) is 0.632. The molecule has 4 nitrogen and oxygen atoms in total. The minimum absolute atomic E-state index is 0.632. The summed E-state index contributed by atoms with van der Waals surface area (Å²) in [5.41, 5.74) is 3.01. The summed E-state index contributed by atoms with van der Waals surface area (Å²) in [5.74, 6) is 3.53. The molecule has 3 heterocycles. The predicted octanol–water partition coefficient (Wildman–Crippen LogP) is 4.43. The Kier molecular flexibility index (Phi) is 4.61. The number of aryl methyl sites for hydroxylation is 1. The van der Waals surface area contributed by atoms with Gasteiger partial charge in [-0.15, -0.1) is 0 Å². The van der Waals surface area contributed by atoms with E-state index in [1.165, 1.54) is 0 Å². The molecule has 1 saturated heterocycles. The molecule has 0 unspecified atom stereocenters.